The predicted octanol–water partition coefficient (Wildman–Crippen LogP) is 2.82. The number of carbonyl (C=O) groups is 1. The first-order valence-electron chi connectivity index (χ1n) is 5.11. The molecule has 0 aliphatic rings. The first-order valence-corrected chi connectivity index (χ1v) is 5.91. The second kappa shape index (κ2) is 6.88. The summed E-state index contributed by atoms with van der Waals surface area (Å²) >= 11 is 3.21. The molecule has 0 heterocycles. The number of hydroxylamine groups is 1. The third-order valence-electron chi connectivity index (χ3n) is 2.07. The highest BCUT2D eigenvalue weighted by Gasteiger charge is 2.27. The molecule has 0 saturated carbocycles. The smallest absolute Gasteiger partial charge is 0.413 e. The maximum Gasteiger partial charge on any atom is 0.413 e. The molecular weight excluding hydrogens is 331 g/mol. The van der Waals surface area contributed by atoms with Gasteiger partial charge in [0.05, 0.1) is 12.7 Å². The standard InChI is InChI=1S/C11H11BrF3NO3/c1-18-10(17)7-2-3-8(9(12)4-7)5-16-19-6-11(13,14)15/h2-4,16H,5-6H2,1H3. The van der Waals surface area contributed by atoms with Crippen molar-refractivity contribution in [2.75, 3.05) is 13.7 Å². The quantitative estimate of drug-likeness (QED) is 0.508. The summed E-state index contributed by atoms with van der Waals surface area (Å²) in [4.78, 5) is 15.5. The summed E-state index contributed by atoms with van der Waals surface area (Å²) in [6.45, 7) is -1.30. The Morgan fingerprint density at radius 3 is 2.63 bits per heavy atom. The van der Waals surface area contributed by atoms with Crippen molar-refractivity contribution in [2.45, 2.75) is 12.7 Å². The zero-order valence-electron chi connectivity index (χ0n) is 9.88. The lowest BCUT2D eigenvalue weighted by Crippen LogP contribution is -2.24. The van der Waals surface area contributed by atoms with E-state index in [0.29, 0.717) is 15.6 Å². The molecule has 1 aromatic rings. The molecule has 1 aromatic carbocycles. The minimum Gasteiger partial charge on any atom is -0.465 e. The van der Waals surface area contributed by atoms with Gasteiger partial charge in [0.1, 0.15) is 0 Å². The van der Waals surface area contributed by atoms with E-state index >= 15 is 0 Å². The Balaban J connectivity index is 2.54. The van der Waals surface area contributed by atoms with Crippen molar-refractivity contribution < 1.29 is 27.5 Å². The van der Waals surface area contributed by atoms with Gasteiger partial charge < -0.3 is 4.74 Å². The zero-order valence-corrected chi connectivity index (χ0v) is 11.5. The Kier molecular flexibility index (Phi) is 5.77. The van der Waals surface area contributed by atoms with E-state index in [2.05, 4.69) is 31.0 Å². The molecule has 0 atom stereocenters. The van der Waals surface area contributed by atoms with Crippen LogP contribution in [-0.4, -0.2) is 25.9 Å². The van der Waals surface area contributed by atoms with Crippen LogP contribution >= 0.6 is 15.9 Å². The molecule has 4 nitrogen and oxygen atoms in total. The number of halogens is 4. The van der Waals surface area contributed by atoms with Gasteiger partial charge >= 0.3 is 12.1 Å². The molecule has 0 saturated heterocycles. The topological polar surface area (TPSA) is 47.6 Å². The summed E-state index contributed by atoms with van der Waals surface area (Å²) in [6, 6.07) is 4.62. The van der Waals surface area contributed by atoms with Crippen molar-refractivity contribution in [3.63, 3.8) is 0 Å². The number of alkyl halides is 3. The van der Waals surface area contributed by atoms with Gasteiger partial charge in [-0.15, -0.1) is 0 Å². The minimum absolute atomic E-state index is 0.0676. The van der Waals surface area contributed by atoms with Gasteiger partial charge in [0.25, 0.3) is 0 Å². The summed E-state index contributed by atoms with van der Waals surface area (Å²) in [5.41, 5.74) is 3.19. The summed E-state index contributed by atoms with van der Waals surface area (Å²) in [6.07, 6.45) is -4.38. The van der Waals surface area contributed by atoms with Crippen LogP contribution in [0.5, 0.6) is 0 Å². The van der Waals surface area contributed by atoms with Crippen LogP contribution in [-0.2, 0) is 16.1 Å². The highest BCUT2D eigenvalue weighted by atomic mass is 79.9. The number of hydrogen-bond acceptors (Lipinski definition) is 4. The van der Waals surface area contributed by atoms with E-state index in [-0.39, 0.29) is 6.54 Å². The van der Waals surface area contributed by atoms with E-state index < -0.39 is 18.8 Å². The molecule has 0 spiro atoms. The zero-order chi connectivity index (χ0) is 14.5. The lowest BCUT2D eigenvalue weighted by molar-refractivity contribution is -0.190. The van der Waals surface area contributed by atoms with Gasteiger partial charge in [-0.2, -0.15) is 18.7 Å². The monoisotopic (exact) mass is 341 g/mol. The fourth-order valence-electron chi connectivity index (χ4n) is 1.20. The summed E-state index contributed by atoms with van der Waals surface area (Å²) in [5, 5.41) is 0. The molecule has 0 aliphatic carbocycles. The molecule has 106 valence electrons. The van der Waals surface area contributed by atoms with Crippen LogP contribution in [0, 0.1) is 0 Å². The van der Waals surface area contributed by atoms with Crippen LogP contribution in [0.25, 0.3) is 0 Å². The van der Waals surface area contributed by atoms with Crippen LogP contribution in [0.3, 0.4) is 0 Å². The lowest BCUT2D eigenvalue weighted by Gasteiger charge is -2.10. The molecule has 0 unspecified atom stereocenters. The molecule has 0 aliphatic heterocycles. The summed E-state index contributed by atoms with van der Waals surface area (Å²) in [5.74, 6) is -0.492. The third kappa shape index (κ3) is 5.58. The Morgan fingerprint density at radius 2 is 2.11 bits per heavy atom. The Hall–Kier alpha value is -1.12. The second-order valence-corrected chi connectivity index (χ2v) is 4.38. The van der Waals surface area contributed by atoms with Crippen molar-refractivity contribution in [1.29, 1.82) is 0 Å². The first kappa shape index (κ1) is 15.9. The average molecular weight is 342 g/mol. The maximum absolute atomic E-state index is 11.8. The highest BCUT2D eigenvalue weighted by molar-refractivity contribution is 9.10. The van der Waals surface area contributed by atoms with Gasteiger partial charge in [0.15, 0.2) is 6.61 Å². The fraction of sp³-hybridized carbons (Fsp3) is 0.364. The molecule has 0 radical (unpaired) electrons. The van der Waals surface area contributed by atoms with E-state index in [4.69, 9.17) is 0 Å². The van der Waals surface area contributed by atoms with Gasteiger partial charge in [0.2, 0.25) is 0 Å². The molecule has 0 fully saturated rings. The normalized spacial score (nSPS) is 11.4. The largest absolute Gasteiger partial charge is 0.465 e. The Morgan fingerprint density at radius 1 is 1.42 bits per heavy atom. The number of ether oxygens (including phenoxy) is 1. The maximum atomic E-state index is 11.8. The number of rotatable bonds is 5. The molecule has 1 rings (SSSR count). The third-order valence-corrected chi connectivity index (χ3v) is 2.81. The summed E-state index contributed by atoms with van der Waals surface area (Å²) in [7, 11) is 1.26. The molecule has 1 N–H and O–H groups in total. The van der Waals surface area contributed by atoms with Crippen LogP contribution in [0.2, 0.25) is 0 Å². The molecule has 8 heteroatoms. The van der Waals surface area contributed by atoms with Crippen LogP contribution in [0.15, 0.2) is 22.7 Å². The first-order chi connectivity index (χ1) is 8.83. The van der Waals surface area contributed by atoms with E-state index in [1.807, 2.05) is 0 Å². The predicted molar refractivity (Wildman–Crippen MR) is 64.3 cm³/mol. The van der Waals surface area contributed by atoms with Crippen molar-refractivity contribution in [3.05, 3.63) is 33.8 Å². The minimum atomic E-state index is -4.38. The van der Waals surface area contributed by atoms with Crippen molar-refractivity contribution in [3.8, 4) is 0 Å². The van der Waals surface area contributed by atoms with E-state index in [1.165, 1.54) is 19.2 Å². The number of hydrogen-bond donors (Lipinski definition) is 1. The molecule has 0 amide bonds. The van der Waals surface area contributed by atoms with Gasteiger partial charge in [-0.1, -0.05) is 22.0 Å². The van der Waals surface area contributed by atoms with Crippen molar-refractivity contribution in [1.82, 2.24) is 5.48 Å². The van der Waals surface area contributed by atoms with Crippen molar-refractivity contribution in [2.24, 2.45) is 0 Å². The average Bonchev–Trinajstić information content (AvgIpc) is 2.33. The van der Waals surface area contributed by atoms with Crippen LogP contribution in [0.1, 0.15) is 15.9 Å². The summed E-state index contributed by atoms with van der Waals surface area (Å²) < 4.78 is 40.6. The second-order valence-electron chi connectivity index (χ2n) is 3.52. The van der Waals surface area contributed by atoms with Crippen LogP contribution < -0.4 is 5.48 Å². The van der Waals surface area contributed by atoms with Crippen LogP contribution in [0.4, 0.5) is 13.2 Å². The number of benzene rings is 1. The van der Waals surface area contributed by atoms with Gasteiger partial charge in [-0.3, -0.25) is 4.84 Å². The molecule has 19 heavy (non-hydrogen) atoms. The number of nitrogens with one attached hydrogen (secondary N) is 1. The Labute approximate surface area is 116 Å². The van der Waals surface area contributed by atoms with E-state index in [0.717, 1.165) is 0 Å². The molecular formula is C11H11BrF3NO3. The van der Waals surface area contributed by atoms with E-state index in [9.17, 15) is 18.0 Å². The van der Waals surface area contributed by atoms with E-state index in [1.54, 1.807) is 6.07 Å². The van der Waals surface area contributed by atoms with Gasteiger partial charge in [-0.05, 0) is 17.7 Å². The van der Waals surface area contributed by atoms with Crippen molar-refractivity contribution >= 4 is 21.9 Å². The van der Waals surface area contributed by atoms with Gasteiger partial charge in [0, 0.05) is 11.0 Å². The molecule has 0 aromatic heterocycles. The number of carbonyl (C=O) groups excluding carboxylic acids is 1. The number of esters is 1. The SMILES string of the molecule is COC(=O)c1ccc(CNOCC(F)(F)F)c(Br)c1. The molecule has 0 bridgehead atoms. The highest BCUT2D eigenvalue weighted by Crippen LogP contribution is 2.19. The fourth-order valence-corrected chi connectivity index (χ4v) is 1.72. The van der Waals surface area contributed by atoms with Gasteiger partial charge in [-0.25, -0.2) is 4.79 Å². The lowest BCUT2D eigenvalue weighted by atomic mass is 10.1. The Bertz CT molecular complexity index is 451. The number of methoxy groups -OCH3 is 1.